The molecule has 3 aromatic rings. The molecule has 0 saturated carbocycles. The topological polar surface area (TPSA) is 76.8 Å². The fourth-order valence-electron chi connectivity index (χ4n) is 3.37. The number of hydrogen-bond donors (Lipinski definition) is 0. The second kappa shape index (κ2) is 7.35. The first-order valence-corrected chi connectivity index (χ1v) is 9.41. The normalized spacial score (nSPS) is 16.7. The predicted octanol–water partition coefficient (Wildman–Crippen LogP) is 3.76. The van der Waals surface area contributed by atoms with E-state index in [2.05, 4.69) is 19.9 Å². The van der Waals surface area contributed by atoms with Gasteiger partial charge in [0, 0.05) is 31.2 Å². The third-order valence-corrected chi connectivity index (χ3v) is 5.06. The molecule has 0 radical (unpaired) electrons. The fraction of sp³-hybridized carbons (Fsp3) is 0.316. The zero-order valence-corrected chi connectivity index (χ0v) is 16.7. The molecule has 30 heavy (non-hydrogen) atoms. The van der Waals surface area contributed by atoms with Crippen molar-refractivity contribution in [3.05, 3.63) is 58.7 Å². The Kier molecular flexibility index (Phi) is 4.97. The van der Waals surface area contributed by atoms with Gasteiger partial charge in [-0.05, 0) is 43.1 Å². The molecule has 11 heteroatoms. The van der Waals surface area contributed by atoms with Gasteiger partial charge in [0.25, 0.3) is 5.91 Å². The van der Waals surface area contributed by atoms with Gasteiger partial charge in [-0.1, -0.05) is 0 Å². The van der Waals surface area contributed by atoms with Crippen molar-refractivity contribution in [2.75, 3.05) is 0 Å². The highest BCUT2D eigenvalue weighted by Gasteiger charge is 2.34. The van der Waals surface area contributed by atoms with Crippen molar-refractivity contribution in [3.8, 4) is 11.4 Å². The summed E-state index contributed by atoms with van der Waals surface area (Å²) in [4.78, 5) is 31.0. The lowest BCUT2D eigenvalue weighted by Gasteiger charge is -2.33. The van der Waals surface area contributed by atoms with Crippen LogP contribution in [0.4, 0.5) is 13.2 Å². The number of fused-ring (bicyclic) bond motifs is 1. The summed E-state index contributed by atoms with van der Waals surface area (Å²) in [7, 11) is 0. The summed E-state index contributed by atoms with van der Waals surface area (Å²) in [5.74, 6) is -0.207. The minimum absolute atomic E-state index is 0.0511. The van der Waals surface area contributed by atoms with Gasteiger partial charge in [0.05, 0.1) is 23.5 Å². The number of rotatable bonds is 3. The number of alkyl halides is 3. The number of hydrogen-bond acceptors (Lipinski definition) is 5. The van der Waals surface area contributed by atoms with E-state index in [0.29, 0.717) is 17.9 Å². The lowest BCUT2D eigenvalue weighted by atomic mass is 10.1. The van der Waals surface area contributed by atoms with E-state index < -0.39 is 17.6 Å². The molecule has 4 rings (SSSR count). The molecule has 0 bridgehead atoms. The smallest absolute Gasteiger partial charge is 0.326 e. The number of pyridine rings is 1. The Morgan fingerprint density at radius 3 is 2.77 bits per heavy atom. The maximum absolute atomic E-state index is 13.0. The Balaban J connectivity index is 1.64. The highest BCUT2D eigenvalue weighted by molar-refractivity contribution is 6.28. The van der Waals surface area contributed by atoms with Gasteiger partial charge in [0.15, 0.2) is 5.82 Å². The monoisotopic (exact) mass is 436 g/mol. The third-order valence-electron chi connectivity index (χ3n) is 4.88. The fourth-order valence-corrected chi connectivity index (χ4v) is 3.51. The van der Waals surface area contributed by atoms with Gasteiger partial charge in [-0.3, -0.25) is 9.78 Å². The van der Waals surface area contributed by atoms with Crippen LogP contribution in [0.3, 0.4) is 0 Å². The van der Waals surface area contributed by atoms with E-state index in [1.54, 1.807) is 23.9 Å². The molecule has 0 unspecified atom stereocenters. The molecule has 1 aliphatic rings. The highest BCUT2D eigenvalue weighted by Crippen LogP contribution is 2.30. The van der Waals surface area contributed by atoms with Crippen molar-refractivity contribution in [1.82, 2.24) is 29.4 Å². The van der Waals surface area contributed by atoms with Gasteiger partial charge in [-0.15, -0.1) is 0 Å². The standard InChI is InChI=1S/C19H16ClF3N6O/c1-10-6-25-18(20)27-15(10)14-9-28-7-11(2)29(17(30)16(28)26-14)8-13-5-12(3-4-24-13)19(21,22)23/h3-6,9,11H,7-8H2,1-2H3/t11-/m0/s1. The van der Waals surface area contributed by atoms with Crippen LogP contribution in [0, 0.1) is 6.92 Å². The van der Waals surface area contributed by atoms with Crippen molar-refractivity contribution >= 4 is 17.5 Å². The summed E-state index contributed by atoms with van der Waals surface area (Å²) in [6.45, 7) is 4.01. The zero-order chi connectivity index (χ0) is 21.6. The lowest BCUT2D eigenvalue weighted by Crippen LogP contribution is -2.46. The molecule has 1 atom stereocenters. The average molecular weight is 437 g/mol. The molecule has 1 amide bonds. The second-order valence-electron chi connectivity index (χ2n) is 7.09. The molecule has 0 saturated heterocycles. The minimum Gasteiger partial charge on any atom is -0.326 e. The summed E-state index contributed by atoms with van der Waals surface area (Å²) in [5, 5.41) is 0.0681. The van der Waals surface area contributed by atoms with Gasteiger partial charge in [0.1, 0.15) is 5.69 Å². The molecule has 1 aliphatic heterocycles. The molecule has 156 valence electrons. The van der Waals surface area contributed by atoms with Crippen LogP contribution in [0.15, 0.2) is 30.7 Å². The number of nitrogens with zero attached hydrogens (tertiary/aromatic N) is 6. The molecule has 0 aromatic carbocycles. The van der Waals surface area contributed by atoms with Crippen molar-refractivity contribution in [3.63, 3.8) is 0 Å². The van der Waals surface area contributed by atoms with E-state index in [0.717, 1.165) is 23.9 Å². The molecule has 0 aliphatic carbocycles. The average Bonchev–Trinajstić information content (AvgIpc) is 3.10. The third kappa shape index (κ3) is 3.74. The summed E-state index contributed by atoms with van der Waals surface area (Å²) < 4.78 is 40.7. The van der Waals surface area contributed by atoms with Gasteiger partial charge in [-0.25, -0.2) is 15.0 Å². The van der Waals surface area contributed by atoms with Gasteiger partial charge >= 0.3 is 6.18 Å². The van der Waals surface area contributed by atoms with Crippen LogP contribution in [-0.4, -0.2) is 41.4 Å². The predicted molar refractivity (Wildman–Crippen MR) is 102 cm³/mol. The zero-order valence-electron chi connectivity index (χ0n) is 16.0. The Morgan fingerprint density at radius 1 is 1.27 bits per heavy atom. The van der Waals surface area contributed by atoms with Crippen molar-refractivity contribution < 1.29 is 18.0 Å². The molecule has 0 N–H and O–H groups in total. The first-order chi connectivity index (χ1) is 14.1. The van der Waals surface area contributed by atoms with Crippen molar-refractivity contribution in [2.24, 2.45) is 0 Å². The van der Waals surface area contributed by atoms with Crippen LogP contribution in [-0.2, 0) is 19.3 Å². The van der Waals surface area contributed by atoms with Crippen LogP contribution in [0.1, 0.15) is 34.4 Å². The summed E-state index contributed by atoms with van der Waals surface area (Å²) >= 11 is 5.88. The first-order valence-electron chi connectivity index (χ1n) is 9.03. The largest absolute Gasteiger partial charge is 0.416 e. The van der Waals surface area contributed by atoms with E-state index in [-0.39, 0.29) is 29.4 Å². The van der Waals surface area contributed by atoms with Crippen molar-refractivity contribution in [2.45, 2.75) is 39.2 Å². The molecular weight excluding hydrogens is 421 g/mol. The molecule has 0 fully saturated rings. The SMILES string of the molecule is Cc1cnc(Cl)nc1-c1cn2c(n1)C(=O)N(Cc1cc(C(F)(F)F)ccn1)[C@@H](C)C2. The summed E-state index contributed by atoms with van der Waals surface area (Å²) in [5.41, 5.74) is 1.10. The van der Waals surface area contributed by atoms with Crippen LogP contribution in [0.2, 0.25) is 5.28 Å². The van der Waals surface area contributed by atoms with Crippen LogP contribution < -0.4 is 0 Å². The van der Waals surface area contributed by atoms with E-state index in [9.17, 15) is 18.0 Å². The minimum atomic E-state index is -4.48. The first kappa shape index (κ1) is 20.3. The molecule has 7 nitrogen and oxygen atoms in total. The van der Waals surface area contributed by atoms with E-state index in [1.165, 1.54) is 4.90 Å². The number of carbonyl (C=O) groups excluding carboxylic acids is 1. The van der Waals surface area contributed by atoms with Gasteiger partial charge < -0.3 is 9.47 Å². The van der Waals surface area contributed by atoms with E-state index in [1.807, 2.05) is 6.92 Å². The summed E-state index contributed by atoms with van der Waals surface area (Å²) in [6, 6.07) is 1.59. The Hall–Kier alpha value is -3.01. The van der Waals surface area contributed by atoms with Crippen LogP contribution >= 0.6 is 11.6 Å². The van der Waals surface area contributed by atoms with E-state index >= 15 is 0 Å². The van der Waals surface area contributed by atoms with Crippen LogP contribution in [0.5, 0.6) is 0 Å². The van der Waals surface area contributed by atoms with Gasteiger partial charge in [-0.2, -0.15) is 13.2 Å². The number of halogens is 4. The number of aryl methyl sites for hydroxylation is 1. The Morgan fingerprint density at radius 2 is 2.03 bits per heavy atom. The molecule has 4 heterocycles. The summed E-state index contributed by atoms with van der Waals surface area (Å²) in [6.07, 6.45) is -0.0940. The maximum Gasteiger partial charge on any atom is 0.416 e. The quantitative estimate of drug-likeness (QED) is 0.584. The molecular formula is C19H16ClF3N6O. The Bertz CT molecular complexity index is 1130. The second-order valence-corrected chi connectivity index (χ2v) is 7.43. The van der Waals surface area contributed by atoms with Crippen molar-refractivity contribution in [1.29, 1.82) is 0 Å². The maximum atomic E-state index is 13.0. The van der Waals surface area contributed by atoms with Crippen LogP contribution in [0.25, 0.3) is 11.4 Å². The number of imidazole rings is 1. The van der Waals surface area contributed by atoms with E-state index in [4.69, 9.17) is 11.6 Å². The highest BCUT2D eigenvalue weighted by atomic mass is 35.5. The van der Waals surface area contributed by atoms with Gasteiger partial charge in [0.2, 0.25) is 5.28 Å². The number of carbonyl (C=O) groups is 1. The molecule has 3 aromatic heterocycles. The molecule has 0 spiro atoms. The number of aromatic nitrogens is 5. The number of amides is 1. The Labute approximate surface area is 174 Å². The lowest BCUT2D eigenvalue weighted by molar-refractivity contribution is -0.137.